The number of tetrazole rings is 1. The van der Waals surface area contributed by atoms with E-state index < -0.39 is 11.6 Å². The smallest absolute Gasteiger partial charge is 0.249 e. The molecule has 2 atom stereocenters. The number of likely N-dealkylation sites (tertiary alicyclic amines) is 1. The van der Waals surface area contributed by atoms with Gasteiger partial charge in [-0.05, 0) is 38.8 Å². The summed E-state index contributed by atoms with van der Waals surface area (Å²) in [6.45, 7) is 5.90. The average molecular weight is 329 g/mol. The molecule has 1 amide bonds. The molecule has 0 spiro atoms. The molecular weight excluding hydrogens is 306 g/mol. The van der Waals surface area contributed by atoms with Crippen molar-refractivity contribution in [1.29, 1.82) is 0 Å². The molecule has 1 aliphatic rings. The number of hydrogen-bond donors (Lipinski definition) is 1. The molecule has 7 nitrogen and oxygen atoms in total. The summed E-state index contributed by atoms with van der Waals surface area (Å²) in [6, 6.07) is 8.80. The van der Waals surface area contributed by atoms with E-state index in [4.69, 9.17) is 0 Å². The Labute approximate surface area is 141 Å². The predicted molar refractivity (Wildman–Crippen MR) is 89.0 cm³/mol. The summed E-state index contributed by atoms with van der Waals surface area (Å²) in [5.41, 5.74) is -0.0596. The van der Waals surface area contributed by atoms with Crippen molar-refractivity contribution in [2.24, 2.45) is 0 Å². The van der Waals surface area contributed by atoms with Crippen molar-refractivity contribution in [1.82, 2.24) is 25.1 Å². The second kappa shape index (κ2) is 6.32. The molecule has 2 aromatic rings. The van der Waals surface area contributed by atoms with E-state index in [0.29, 0.717) is 12.4 Å². The van der Waals surface area contributed by atoms with Crippen LogP contribution in [0.15, 0.2) is 30.3 Å². The van der Waals surface area contributed by atoms with Crippen molar-refractivity contribution in [2.45, 2.75) is 51.3 Å². The second-order valence-corrected chi connectivity index (χ2v) is 6.82. The Morgan fingerprint density at radius 2 is 2.04 bits per heavy atom. The number of carbonyl (C=O) groups excluding carboxylic acids is 1. The number of nitrogens with zero attached hydrogens (tertiary/aromatic N) is 5. The number of rotatable bonds is 4. The van der Waals surface area contributed by atoms with Crippen LogP contribution in [0.5, 0.6) is 0 Å². The Hall–Kier alpha value is -2.28. The number of carbonyl (C=O) groups is 1. The summed E-state index contributed by atoms with van der Waals surface area (Å²) in [7, 11) is 0. The normalized spacial score (nSPS) is 19.5. The van der Waals surface area contributed by atoms with E-state index in [0.717, 1.165) is 18.4 Å². The first-order valence-corrected chi connectivity index (χ1v) is 8.25. The minimum atomic E-state index is -0.920. The SMILES string of the molecule is CC(C(=O)N1CCCC1C(C)(C)O)n1nnc(-c2ccccc2)n1. The third kappa shape index (κ3) is 3.17. The molecule has 0 saturated carbocycles. The maximum Gasteiger partial charge on any atom is 0.249 e. The van der Waals surface area contributed by atoms with Crippen LogP contribution in [-0.4, -0.2) is 54.3 Å². The molecule has 128 valence electrons. The van der Waals surface area contributed by atoms with E-state index in [2.05, 4.69) is 15.4 Å². The van der Waals surface area contributed by atoms with E-state index >= 15 is 0 Å². The molecular formula is C17H23N5O2. The molecule has 1 aliphatic heterocycles. The quantitative estimate of drug-likeness (QED) is 0.922. The summed E-state index contributed by atoms with van der Waals surface area (Å²) in [4.78, 5) is 15.9. The van der Waals surface area contributed by atoms with E-state index in [9.17, 15) is 9.90 Å². The molecule has 0 aliphatic carbocycles. The molecule has 0 bridgehead atoms. The van der Waals surface area contributed by atoms with E-state index in [-0.39, 0.29) is 11.9 Å². The first-order chi connectivity index (χ1) is 11.4. The van der Waals surface area contributed by atoms with Gasteiger partial charge in [0.1, 0.15) is 6.04 Å². The zero-order valence-electron chi connectivity index (χ0n) is 14.3. The minimum Gasteiger partial charge on any atom is -0.388 e. The van der Waals surface area contributed by atoms with Crippen molar-refractivity contribution in [3.8, 4) is 11.4 Å². The summed E-state index contributed by atoms with van der Waals surface area (Å²) >= 11 is 0. The molecule has 1 N–H and O–H groups in total. The van der Waals surface area contributed by atoms with Crippen molar-refractivity contribution in [3.63, 3.8) is 0 Å². The van der Waals surface area contributed by atoms with Gasteiger partial charge in [-0.25, -0.2) is 0 Å². The van der Waals surface area contributed by atoms with Crippen LogP contribution in [0.1, 0.15) is 39.7 Å². The lowest BCUT2D eigenvalue weighted by Gasteiger charge is -2.34. The van der Waals surface area contributed by atoms with Crippen LogP contribution in [0, 0.1) is 0 Å². The van der Waals surface area contributed by atoms with Gasteiger partial charge in [0.15, 0.2) is 0 Å². The third-order valence-corrected chi connectivity index (χ3v) is 4.52. The van der Waals surface area contributed by atoms with E-state index in [1.165, 1.54) is 4.80 Å². The highest BCUT2D eigenvalue weighted by molar-refractivity contribution is 5.80. The molecule has 1 aromatic carbocycles. The zero-order valence-corrected chi connectivity index (χ0v) is 14.3. The van der Waals surface area contributed by atoms with Gasteiger partial charge in [-0.1, -0.05) is 30.3 Å². The van der Waals surface area contributed by atoms with Crippen LogP contribution in [0.25, 0.3) is 11.4 Å². The Balaban J connectivity index is 1.78. The van der Waals surface area contributed by atoms with Gasteiger partial charge < -0.3 is 10.0 Å². The monoisotopic (exact) mass is 329 g/mol. The lowest BCUT2D eigenvalue weighted by molar-refractivity contribution is -0.140. The zero-order chi connectivity index (χ0) is 17.3. The molecule has 3 rings (SSSR count). The number of aromatic nitrogens is 4. The molecule has 7 heteroatoms. The van der Waals surface area contributed by atoms with Gasteiger partial charge in [0.05, 0.1) is 11.6 Å². The van der Waals surface area contributed by atoms with Crippen LogP contribution in [0.2, 0.25) is 0 Å². The van der Waals surface area contributed by atoms with E-state index in [1.54, 1.807) is 25.7 Å². The standard InChI is InChI=1S/C17H23N5O2/c1-12(16(23)21-11-7-10-14(21)17(2,3)24)22-19-15(18-20-22)13-8-5-4-6-9-13/h4-6,8-9,12,14,24H,7,10-11H2,1-3H3. The Morgan fingerprint density at radius 3 is 2.71 bits per heavy atom. The van der Waals surface area contributed by atoms with Gasteiger partial charge in [0.25, 0.3) is 0 Å². The molecule has 2 unspecified atom stereocenters. The highest BCUT2D eigenvalue weighted by Crippen LogP contribution is 2.28. The molecule has 2 heterocycles. The fourth-order valence-electron chi connectivity index (χ4n) is 3.20. The maximum absolute atomic E-state index is 12.8. The molecule has 24 heavy (non-hydrogen) atoms. The Morgan fingerprint density at radius 1 is 1.33 bits per heavy atom. The average Bonchev–Trinajstić information content (AvgIpc) is 3.23. The molecule has 0 radical (unpaired) electrons. The predicted octanol–water partition coefficient (Wildman–Crippen LogP) is 1.66. The van der Waals surface area contributed by atoms with Gasteiger partial charge in [-0.2, -0.15) is 4.80 Å². The summed E-state index contributed by atoms with van der Waals surface area (Å²) in [6.07, 6.45) is 1.70. The molecule has 1 saturated heterocycles. The lowest BCUT2D eigenvalue weighted by atomic mass is 9.96. The van der Waals surface area contributed by atoms with Crippen molar-refractivity contribution >= 4 is 5.91 Å². The number of benzene rings is 1. The fourth-order valence-corrected chi connectivity index (χ4v) is 3.20. The van der Waals surface area contributed by atoms with Gasteiger partial charge in [-0.15, -0.1) is 10.2 Å². The van der Waals surface area contributed by atoms with Crippen molar-refractivity contribution in [3.05, 3.63) is 30.3 Å². The number of aliphatic hydroxyl groups is 1. The van der Waals surface area contributed by atoms with Crippen LogP contribution >= 0.6 is 0 Å². The van der Waals surface area contributed by atoms with Crippen LogP contribution in [0.4, 0.5) is 0 Å². The Kier molecular flexibility index (Phi) is 4.36. The largest absolute Gasteiger partial charge is 0.388 e. The van der Waals surface area contributed by atoms with Gasteiger partial charge in [-0.3, -0.25) is 4.79 Å². The van der Waals surface area contributed by atoms with Crippen LogP contribution in [-0.2, 0) is 4.79 Å². The highest BCUT2D eigenvalue weighted by atomic mass is 16.3. The lowest BCUT2D eigenvalue weighted by Crippen LogP contribution is -2.50. The van der Waals surface area contributed by atoms with Crippen molar-refractivity contribution < 1.29 is 9.90 Å². The van der Waals surface area contributed by atoms with Gasteiger partial charge in [0, 0.05) is 12.1 Å². The van der Waals surface area contributed by atoms with Gasteiger partial charge in [0.2, 0.25) is 11.7 Å². The Bertz CT molecular complexity index is 707. The van der Waals surface area contributed by atoms with Crippen LogP contribution in [0.3, 0.4) is 0 Å². The number of amides is 1. The number of hydrogen-bond acceptors (Lipinski definition) is 5. The second-order valence-electron chi connectivity index (χ2n) is 6.82. The summed E-state index contributed by atoms with van der Waals surface area (Å²) in [5.74, 6) is 0.410. The van der Waals surface area contributed by atoms with Crippen molar-refractivity contribution in [2.75, 3.05) is 6.54 Å². The van der Waals surface area contributed by atoms with E-state index in [1.807, 2.05) is 30.3 Å². The summed E-state index contributed by atoms with van der Waals surface area (Å²) < 4.78 is 0. The molecule has 1 aromatic heterocycles. The van der Waals surface area contributed by atoms with Gasteiger partial charge >= 0.3 is 0 Å². The molecule has 1 fully saturated rings. The first-order valence-electron chi connectivity index (χ1n) is 8.25. The highest BCUT2D eigenvalue weighted by Gasteiger charge is 2.40. The topological polar surface area (TPSA) is 84.1 Å². The third-order valence-electron chi connectivity index (χ3n) is 4.52. The van der Waals surface area contributed by atoms with Crippen LogP contribution < -0.4 is 0 Å². The maximum atomic E-state index is 12.8. The summed E-state index contributed by atoms with van der Waals surface area (Å²) in [5, 5.41) is 22.7. The first kappa shape index (κ1) is 16.6. The fraction of sp³-hybridized carbons (Fsp3) is 0.529. The minimum absolute atomic E-state index is 0.0864.